The van der Waals surface area contributed by atoms with E-state index in [2.05, 4.69) is 15.3 Å². The third kappa shape index (κ3) is 4.55. The van der Waals surface area contributed by atoms with Gasteiger partial charge < -0.3 is 19.5 Å². The predicted octanol–water partition coefficient (Wildman–Crippen LogP) is 5.38. The minimum absolute atomic E-state index is 0.214. The number of hydrogen-bond donors (Lipinski definition) is 1. The minimum Gasteiger partial charge on any atom is -0.494 e. The quantitative estimate of drug-likeness (QED) is 0.354. The number of benzene rings is 2. The van der Waals surface area contributed by atoms with Gasteiger partial charge in [0, 0.05) is 16.1 Å². The van der Waals surface area contributed by atoms with Crippen molar-refractivity contribution < 1.29 is 23.8 Å². The number of aromatic nitrogens is 2. The van der Waals surface area contributed by atoms with Crippen molar-refractivity contribution in [2.24, 2.45) is 0 Å². The second-order valence-corrected chi connectivity index (χ2v) is 8.50. The third-order valence-electron chi connectivity index (χ3n) is 5.16. The van der Waals surface area contributed by atoms with E-state index in [9.17, 15) is 9.59 Å². The van der Waals surface area contributed by atoms with Gasteiger partial charge >= 0.3 is 11.9 Å². The maximum atomic E-state index is 12.2. The molecule has 1 N–H and O–H groups in total. The summed E-state index contributed by atoms with van der Waals surface area (Å²) in [4.78, 5) is 35.2. The lowest BCUT2D eigenvalue weighted by Crippen LogP contribution is -2.08. The molecular weight excluding hydrogens is 454 g/mol. The Labute approximate surface area is 200 Å². The molecule has 0 amide bonds. The largest absolute Gasteiger partial charge is 0.494 e. The number of esters is 2. The summed E-state index contributed by atoms with van der Waals surface area (Å²) in [7, 11) is 2.57. The molecule has 4 aromatic rings. The number of fused-ring (bicyclic) bond motifs is 1. The molecule has 0 bridgehead atoms. The second-order valence-electron chi connectivity index (χ2n) is 7.30. The van der Waals surface area contributed by atoms with Gasteiger partial charge in [-0.05, 0) is 49.7 Å². The summed E-state index contributed by atoms with van der Waals surface area (Å²) in [6, 6.07) is 12.5. The van der Waals surface area contributed by atoms with Crippen LogP contribution in [0.5, 0.6) is 5.75 Å². The van der Waals surface area contributed by atoms with Gasteiger partial charge in [-0.3, -0.25) is 0 Å². The molecule has 0 aliphatic carbocycles. The zero-order valence-electron chi connectivity index (χ0n) is 19.2. The summed E-state index contributed by atoms with van der Waals surface area (Å²) in [5.74, 6) is 0.218. The van der Waals surface area contributed by atoms with Crippen LogP contribution < -0.4 is 10.1 Å². The predicted molar refractivity (Wildman–Crippen MR) is 131 cm³/mol. The number of anilines is 2. The molecule has 4 rings (SSSR count). The van der Waals surface area contributed by atoms with Gasteiger partial charge in [-0.25, -0.2) is 19.6 Å². The zero-order chi connectivity index (χ0) is 24.2. The number of hydrogen-bond acceptors (Lipinski definition) is 9. The number of aryl methyl sites for hydroxylation is 1. The standard InChI is InChI=1S/C25H23N3O5S/c1-5-33-19-8-6-15(7-9-19)20-14(2)34-23-21(20)22(26-13-27-23)28-18-11-16(24(29)31-3)10-17(12-18)25(30)32-4/h6-13H,5H2,1-4H3,(H,26,27,28). The first-order chi connectivity index (χ1) is 16.4. The maximum absolute atomic E-state index is 12.2. The lowest BCUT2D eigenvalue weighted by atomic mass is 10.0. The van der Waals surface area contributed by atoms with Crippen molar-refractivity contribution in [2.45, 2.75) is 13.8 Å². The number of methoxy groups -OCH3 is 2. The SMILES string of the molecule is CCOc1ccc(-c2c(C)sc3ncnc(Nc4cc(C(=O)OC)cc(C(=O)OC)c4)c23)cc1. The Bertz CT molecular complexity index is 1330. The van der Waals surface area contributed by atoms with Crippen molar-refractivity contribution in [1.82, 2.24) is 9.97 Å². The van der Waals surface area contributed by atoms with E-state index >= 15 is 0 Å². The number of ether oxygens (including phenoxy) is 3. The lowest BCUT2D eigenvalue weighted by molar-refractivity contribution is 0.0599. The molecule has 2 heterocycles. The number of carbonyl (C=O) groups is 2. The molecule has 0 saturated heterocycles. The number of thiophene rings is 1. The van der Waals surface area contributed by atoms with Gasteiger partial charge in [0.15, 0.2) is 0 Å². The molecule has 2 aromatic heterocycles. The van der Waals surface area contributed by atoms with Crippen molar-refractivity contribution in [1.29, 1.82) is 0 Å². The van der Waals surface area contributed by atoms with Gasteiger partial charge in [-0.1, -0.05) is 12.1 Å². The Balaban J connectivity index is 1.82. The van der Waals surface area contributed by atoms with E-state index in [0.29, 0.717) is 18.1 Å². The molecule has 8 nitrogen and oxygen atoms in total. The highest BCUT2D eigenvalue weighted by molar-refractivity contribution is 7.19. The fourth-order valence-electron chi connectivity index (χ4n) is 3.68. The number of nitrogens with one attached hydrogen (secondary N) is 1. The summed E-state index contributed by atoms with van der Waals surface area (Å²) in [6.07, 6.45) is 1.48. The Morgan fingerprint density at radius 1 is 0.971 bits per heavy atom. The number of nitrogens with zero attached hydrogens (tertiary/aromatic N) is 2. The molecule has 0 radical (unpaired) electrons. The van der Waals surface area contributed by atoms with Crippen LogP contribution in [0.2, 0.25) is 0 Å². The van der Waals surface area contributed by atoms with Crippen LogP contribution >= 0.6 is 11.3 Å². The fourth-order valence-corrected chi connectivity index (χ4v) is 4.69. The van der Waals surface area contributed by atoms with E-state index in [1.165, 1.54) is 26.6 Å². The Morgan fingerprint density at radius 2 is 1.62 bits per heavy atom. The first-order valence-electron chi connectivity index (χ1n) is 10.5. The fraction of sp³-hybridized carbons (Fsp3) is 0.200. The molecule has 0 aliphatic heterocycles. The summed E-state index contributed by atoms with van der Waals surface area (Å²) >= 11 is 1.57. The minimum atomic E-state index is -0.567. The van der Waals surface area contributed by atoms with Crippen LogP contribution in [-0.2, 0) is 9.47 Å². The van der Waals surface area contributed by atoms with Crippen LogP contribution in [0, 0.1) is 6.92 Å². The molecule has 0 spiro atoms. The molecule has 0 unspecified atom stereocenters. The van der Waals surface area contributed by atoms with Gasteiger partial charge in [-0.2, -0.15) is 0 Å². The van der Waals surface area contributed by atoms with Gasteiger partial charge in [-0.15, -0.1) is 11.3 Å². The molecule has 9 heteroatoms. The van der Waals surface area contributed by atoms with Crippen LogP contribution in [0.15, 0.2) is 48.8 Å². The summed E-state index contributed by atoms with van der Waals surface area (Å²) in [5.41, 5.74) is 2.93. The first kappa shape index (κ1) is 23.2. The molecule has 0 saturated carbocycles. The van der Waals surface area contributed by atoms with Crippen molar-refractivity contribution in [3.05, 3.63) is 64.8 Å². The molecule has 2 aromatic carbocycles. The smallest absolute Gasteiger partial charge is 0.337 e. The van der Waals surface area contributed by atoms with Crippen LogP contribution in [0.4, 0.5) is 11.5 Å². The monoisotopic (exact) mass is 477 g/mol. The van der Waals surface area contributed by atoms with Crippen LogP contribution in [0.25, 0.3) is 21.3 Å². The summed E-state index contributed by atoms with van der Waals surface area (Å²) in [5, 5.41) is 4.10. The molecule has 34 heavy (non-hydrogen) atoms. The lowest BCUT2D eigenvalue weighted by Gasteiger charge is -2.12. The average molecular weight is 478 g/mol. The number of carbonyl (C=O) groups excluding carboxylic acids is 2. The molecule has 174 valence electrons. The first-order valence-corrected chi connectivity index (χ1v) is 11.3. The van der Waals surface area contributed by atoms with Crippen molar-refractivity contribution in [3.8, 4) is 16.9 Å². The van der Waals surface area contributed by atoms with Crippen molar-refractivity contribution >= 4 is 45.0 Å². The van der Waals surface area contributed by atoms with Crippen LogP contribution in [-0.4, -0.2) is 42.7 Å². The maximum Gasteiger partial charge on any atom is 0.337 e. The Kier molecular flexibility index (Phi) is 6.74. The topological polar surface area (TPSA) is 99.6 Å². The Hall–Kier alpha value is -3.98. The van der Waals surface area contributed by atoms with E-state index in [4.69, 9.17) is 14.2 Å². The van der Waals surface area contributed by atoms with Gasteiger partial charge in [0.1, 0.15) is 22.7 Å². The normalized spacial score (nSPS) is 10.7. The molecule has 0 fully saturated rings. The average Bonchev–Trinajstić information content (AvgIpc) is 3.20. The van der Waals surface area contributed by atoms with Gasteiger partial charge in [0.25, 0.3) is 0 Å². The Morgan fingerprint density at radius 3 is 2.21 bits per heavy atom. The van der Waals surface area contributed by atoms with E-state index in [1.54, 1.807) is 23.5 Å². The highest BCUT2D eigenvalue weighted by Crippen LogP contribution is 2.41. The second kappa shape index (κ2) is 9.88. The summed E-state index contributed by atoms with van der Waals surface area (Å²) < 4.78 is 15.2. The zero-order valence-corrected chi connectivity index (χ0v) is 20.0. The van der Waals surface area contributed by atoms with Gasteiger partial charge in [0.05, 0.1) is 37.3 Å². The number of rotatable bonds is 7. The highest BCUT2D eigenvalue weighted by Gasteiger charge is 2.19. The van der Waals surface area contributed by atoms with Gasteiger partial charge in [0.2, 0.25) is 0 Å². The van der Waals surface area contributed by atoms with E-state index < -0.39 is 11.9 Å². The van der Waals surface area contributed by atoms with Crippen LogP contribution in [0.3, 0.4) is 0 Å². The van der Waals surface area contributed by atoms with Crippen molar-refractivity contribution in [2.75, 3.05) is 26.1 Å². The van der Waals surface area contributed by atoms with Crippen LogP contribution in [0.1, 0.15) is 32.5 Å². The van der Waals surface area contributed by atoms with E-state index in [1.807, 2.05) is 38.1 Å². The summed E-state index contributed by atoms with van der Waals surface area (Å²) in [6.45, 7) is 4.58. The molecular formula is C25H23N3O5S. The highest BCUT2D eigenvalue weighted by atomic mass is 32.1. The van der Waals surface area contributed by atoms with E-state index in [-0.39, 0.29) is 11.1 Å². The molecule has 0 atom stereocenters. The van der Waals surface area contributed by atoms with E-state index in [0.717, 1.165) is 32.0 Å². The third-order valence-corrected chi connectivity index (χ3v) is 6.17. The molecule has 0 aliphatic rings. The van der Waals surface area contributed by atoms with Crippen molar-refractivity contribution in [3.63, 3.8) is 0 Å².